The highest BCUT2D eigenvalue weighted by atomic mass is 19.4. The molecule has 0 atom stereocenters. The van der Waals surface area contributed by atoms with E-state index in [1.807, 2.05) is 44.5 Å². The molecule has 0 amide bonds. The lowest BCUT2D eigenvalue weighted by Crippen LogP contribution is -2.41. The topological polar surface area (TPSA) is 54.1 Å². The summed E-state index contributed by atoms with van der Waals surface area (Å²) in [5.41, 5.74) is 2.08. The number of halogens is 5. The van der Waals surface area contributed by atoms with Gasteiger partial charge in [-0.25, -0.2) is 8.78 Å². The summed E-state index contributed by atoms with van der Waals surface area (Å²) in [7, 11) is -0.642. The van der Waals surface area contributed by atoms with Crippen LogP contribution < -0.4 is 5.46 Å². The summed E-state index contributed by atoms with van der Waals surface area (Å²) < 4.78 is 81.2. The summed E-state index contributed by atoms with van der Waals surface area (Å²) in [4.78, 5) is 4.66. The van der Waals surface area contributed by atoms with Crippen molar-refractivity contribution in [3.63, 3.8) is 0 Å². The minimum atomic E-state index is -4.39. The number of nitrogens with zero attached hydrogens (tertiary/aromatic N) is 4. The second kappa shape index (κ2) is 8.79. The summed E-state index contributed by atoms with van der Waals surface area (Å²) in [6, 6.07) is 1.91. The number of alkyl halides is 5. The molecule has 1 aliphatic carbocycles. The van der Waals surface area contributed by atoms with Crippen molar-refractivity contribution in [1.29, 1.82) is 0 Å². The average Bonchev–Trinajstić information content (AvgIpc) is 3.42. The van der Waals surface area contributed by atoms with Gasteiger partial charge in [-0.1, -0.05) is 0 Å². The van der Waals surface area contributed by atoms with Gasteiger partial charge in [0.1, 0.15) is 6.54 Å². The van der Waals surface area contributed by atoms with Crippen LogP contribution in [0.4, 0.5) is 22.0 Å². The molecule has 6 nitrogen and oxygen atoms in total. The van der Waals surface area contributed by atoms with Crippen molar-refractivity contribution < 1.29 is 31.3 Å². The Bertz CT molecular complexity index is 1270. The van der Waals surface area contributed by atoms with Crippen LogP contribution in [0.5, 0.6) is 0 Å². The molecule has 37 heavy (non-hydrogen) atoms. The minimum absolute atomic E-state index is 0.0523. The number of rotatable bonds is 5. The highest BCUT2D eigenvalue weighted by Crippen LogP contribution is 2.39. The normalized spacial score (nSPS) is 21.7. The third-order valence-electron chi connectivity index (χ3n) is 7.84. The minimum Gasteiger partial charge on any atom is -0.399 e. The lowest BCUT2D eigenvalue weighted by atomic mass is 9.80. The van der Waals surface area contributed by atoms with Gasteiger partial charge in [0.05, 0.1) is 28.4 Å². The molecule has 0 N–H and O–H groups in total. The zero-order valence-electron chi connectivity index (χ0n) is 21.3. The molecule has 12 heteroatoms. The summed E-state index contributed by atoms with van der Waals surface area (Å²) in [6.45, 7) is 7.13. The molecule has 200 valence electrons. The molecule has 0 bridgehead atoms. The molecule has 1 saturated heterocycles. The molecule has 0 unspecified atom stereocenters. The van der Waals surface area contributed by atoms with Crippen LogP contribution in [0, 0.1) is 5.92 Å². The summed E-state index contributed by atoms with van der Waals surface area (Å²) in [5, 5.41) is 3.87. The number of pyridine rings is 1. The summed E-state index contributed by atoms with van der Waals surface area (Å²) >= 11 is 0. The van der Waals surface area contributed by atoms with Crippen LogP contribution in [0.2, 0.25) is 0 Å². The van der Waals surface area contributed by atoms with Crippen molar-refractivity contribution in [1.82, 2.24) is 19.3 Å². The predicted molar refractivity (Wildman–Crippen MR) is 130 cm³/mol. The van der Waals surface area contributed by atoms with Gasteiger partial charge >= 0.3 is 13.3 Å². The molecule has 1 aliphatic heterocycles. The van der Waals surface area contributed by atoms with E-state index < -0.39 is 37.0 Å². The third kappa shape index (κ3) is 5.27. The van der Waals surface area contributed by atoms with E-state index in [2.05, 4.69) is 10.1 Å². The molecule has 5 rings (SSSR count). The largest absolute Gasteiger partial charge is 0.496 e. The second-order valence-electron chi connectivity index (χ2n) is 11.3. The van der Waals surface area contributed by atoms with Crippen LogP contribution >= 0.6 is 0 Å². The van der Waals surface area contributed by atoms with Crippen molar-refractivity contribution in [2.45, 2.75) is 89.8 Å². The predicted octanol–water partition coefficient (Wildman–Crippen LogP) is 5.59. The van der Waals surface area contributed by atoms with Crippen LogP contribution in [0.1, 0.15) is 53.4 Å². The van der Waals surface area contributed by atoms with Gasteiger partial charge in [-0.2, -0.15) is 18.3 Å². The van der Waals surface area contributed by atoms with Crippen LogP contribution in [0.25, 0.3) is 22.2 Å². The lowest BCUT2D eigenvalue weighted by molar-refractivity contribution is -0.142. The van der Waals surface area contributed by atoms with Crippen molar-refractivity contribution in [2.24, 2.45) is 5.92 Å². The average molecular weight is 524 g/mol. The van der Waals surface area contributed by atoms with Gasteiger partial charge in [-0.15, -0.1) is 0 Å². The standard InChI is InChI=1S/C25H30BF5N4O2/c1-22(2)23(3,4)37-26(36-22)18-9-20-21(32-11-18)19(17-10-33-35(13-17)15-25(29,30)31)14-34(20)12-16-5-7-24(27,28)8-6-16/h9-11,13-14,16H,5-8,12,15H2,1-4H3. The Morgan fingerprint density at radius 3 is 2.30 bits per heavy atom. The molecule has 0 spiro atoms. The number of hydrogen-bond acceptors (Lipinski definition) is 4. The van der Waals surface area contributed by atoms with E-state index in [4.69, 9.17) is 9.31 Å². The van der Waals surface area contributed by atoms with Gasteiger partial charge in [-0.3, -0.25) is 9.67 Å². The Morgan fingerprint density at radius 1 is 1.03 bits per heavy atom. The third-order valence-corrected chi connectivity index (χ3v) is 7.84. The van der Waals surface area contributed by atoms with Crippen molar-refractivity contribution >= 4 is 23.6 Å². The Labute approximate surface area is 212 Å². The zero-order valence-corrected chi connectivity index (χ0v) is 21.3. The van der Waals surface area contributed by atoms with Crippen LogP contribution in [-0.4, -0.2) is 49.8 Å². The van der Waals surface area contributed by atoms with Crippen molar-refractivity contribution in [3.05, 3.63) is 30.9 Å². The van der Waals surface area contributed by atoms with Gasteiger partial charge in [0, 0.05) is 54.6 Å². The van der Waals surface area contributed by atoms with Crippen molar-refractivity contribution in [2.75, 3.05) is 0 Å². The maximum Gasteiger partial charge on any atom is 0.496 e. The first-order valence-electron chi connectivity index (χ1n) is 12.4. The SMILES string of the molecule is CC1(C)OB(c2cnc3c(-c4cnn(CC(F)(F)F)c4)cn(CC4CCC(F)(F)CC4)c3c2)OC1(C)C. The zero-order chi connectivity index (χ0) is 26.8. The fourth-order valence-corrected chi connectivity index (χ4v) is 4.99. The van der Waals surface area contributed by atoms with Crippen LogP contribution in [0.3, 0.4) is 0 Å². The maximum atomic E-state index is 13.7. The van der Waals surface area contributed by atoms with Gasteiger partial charge in [0.25, 0.3) is 0 Å². The molecular formula is C25H30BF5N4O2. The Morgan fingerprint density at radius 2 is 1.68 bits per heavy atom. The Kier molecular flexibility index (Phi) is 6.22. The smallest absolute Gasteiger partial charge is 0.399 e. The van der Waals surface area contributed by atoms with Gasteiger partial charge in [-0.05, 0) is 52.5 Å². The van der Waals surface area contributed by atoms with Crippen LogP contribution in [-0.2, 0) is 22.4 Å². The van der Waals surface area contributed by atoms with E-state index >= 15 is 0 Å². The van der Waals surface area contributed by atoms with E-state index in [1.54, 1.807) is 6.20 Å². The van der Waals surface area contributed by atoms with Gasteiger partial charge in [0.15, 0.2) is 0 Å². The lowest BCUT2D eigenvalue weighted by Gasteiger charge is -2.32. The highest BCUT2D eigenvalue weighted by molar-refractivity contribution is 6.62. The monoisotopic (exact) mass is 524 g/mol. The van der Waals surface area contributed by atoms with E-state index in [1.165, 1.54) is 12.4 Å². The molecule has 0 aromatic carbocycles. The number of hydrogen-bond donors (Lipinski definition) is 0. The molecule has 4 heterocycles. The second-order valence-corrected chi connectivity index (χ2v) is 11.3. The molecule has 3 aromatic rings. The molecular weight excluding hydrogens is 494 g/mol. The number of aromatic nitrogens is 4. The summed E-state index contributed by atoms with van der Waals surface area (Å²) in [5.74, 6) is -2.57. The molecule has 0 radical (unpaired) electrons. The van der Waals surface area contributed by atoms with E-state index in [-0.39, 0.29) is 18.8 Å². The van der Waals surface area contributed by atoms with Crippen molar-refractivity contribution in [3.8, 4) is 11.1 Å². The highest BCUT2D eigenvalue weighted by Gasteiger charge is 2.52. The first kappa shape index (κ1) is 26.2. The fraction of sp³-hybridized carbons (Fsp3) is 0.600. The maximum absolute atomic E-state index is 13.7. The first-order chi connectivity index (χ1) is 17.1. The van der Waals surface area contributed by atoms with E-state index in [0.717, 1.165) is 10.2 Å². The molecule has 2 aliphatic rings. The molecule has 2 fully saturated rings. The molecule has 1 saturated carbocycles. The number of fused-ring (bicyclic) bond motifs is 1. The van der Waals surface area contributed by atoms with E-state index in [0.29, 0.717) is 41.5 Å². The summed E-state index contributed by atoms with van der Waals surface area (Å²) in [6.07, 6.45) is 2.32. The van der Waals surface area contributed by atoms with Gasteiger partial charge in [0.2, 0.25) is 5.92 Å². The first-order valence-corrected chi connectivity index (χ1v) is 12.4. The van der Waals surface area contributed by atoms with Crippen LogP contribution in [0.15, 0.2) is 30.9 Å². The quantitative estimate of drug-likeness (QED) is 0.323. The Hall–Kier alpha value is -2.47. The van der Waals surface area contributed by atoms with Gasteiger partial charge < -0.3 is 13.9 Å². The Balaban J connectivity index is 1.52. The fourth-order valence-electron chi connectivity index (χ4n) is 4.99. The van der Waals surface area contributed by atoms with E-state index in [9.17, 15) is 22.0 Å². The molecule has 3 aromatic heterocycles.